The van der Waals surface area contributed by atoms with Crippen LogP contribution in [-0.2, 0) is 12.8 Å². The highest BCUT2D eigenvalue weighted by Gasteiger charge is 2.22. The van der Waals surface area contributed by atoms with Crippen LogP contribution in [0, 0.1) is 0 Å². The second-order valence-corrected chi connectivity index (χ2v) is 5.44. The van der Waals surface area contributed by atoms with Crippen molar-refractivity contribution >= 4 is 0 Å². The van der Waals surface area contributed by atoms with E-state index in [9.17, 15) is 0 Å². The van der Waals surface area contributed by atoms with Crippen LogP contribution in [0.3, 0.4) is 0 Å². The minimum absolute atomic E-state index is 1.06. The predicted octanol–water partition coefficient (Wildman–Crippen LogP) is 4.30. The first-order valence-corrected chi connectivity index (χ1v) is 7.43. The summed E-state index contributed by atoms with van der Waals surface area (Å²) in [4.78, 5) is 0. The Morgan fingerprint density at radius 2 is 1.00 bits per heavy atom. The molecule has 21 heavy (non-hydrogen) atoms. The largest absolute Gasteiger partial charge is 0.150 e. The van der Waals surface area contributed by atoms with Gasteiger partial charge in [0.15, 0.2) is 0 Å². The van der Waals surface area contributed by atoms with Crippen molar-refractivity contribution in [2.45, 2.75) is 19.3 Å². The fourth-order valence-corrected chi connectivity index (χ4v) is 3.14. The van der Waals surface area contributed by atoms with Gasteiger partial charge in [-0.05, 0) is 30.4 Å². The van der Waals surface area contributed by atoms with E-state index in [1.54, 1.807) is 0 Å². The molecule has 2 nitrogen and oxygen atoms in total. The second kappa shape index (κ2) is 5.13. The zero-order chi connectivity index (χ0) is 14.1. The molecular formula is C19H16N2. The lowest BCUT2D eigenvalue weighted by Gasteiger charge is -2.11. The Labute approximate surface area is 124 Å². The van der Waals surface area contributed by atoms with E-state index in [1.165, 1.54) is 28.7 Å². The second-order valence-electron chi connectivity index (χ2n) is 5.44. The summed E-state index contributed by atoms with van der Waals surface area (Å²) in [6, 6.07) is 20.8. The first-order valence-electron chi connectivity index (χ1n) is 7.43. The van der Waals surface area contributed by atoms with Crippen molar-refractivity contribution in [2.75, 3.05) is 0 Å². The highest BCUT2D eigenvalue weighted by molar-refractivity contribution is 5.72. The molecule has 0 radical (unpaired) electrons. The fourth-order valence-electron chi connectivity index (χ4n) is 3.14. The molecule has 0 atom stereocenters. The van der Waals surface area contributed by atoms with E-state index in [1.807, 2.05) is 12.1 Å². The van der Waals surface area contributed by atoms with Gasteiger partial charge in [-0.25, -0.2) is 0 Å². The Balaban J connectivity index is 1.90. The monoisotopic (exact) mass is 272 g/mol. The standard InChI is InChI=1S/C19H16N2/c1-3-8-14(9-4-1)18-16-12-7-13-17(16)19(21-20-18)15-10-5-2-6-11-15/h1-6,8-11H,7,12-13H2. The number of nitrogens with zero attached hydrogens (tertiary/aromatic N) is 2. The van der Waals surface area contributed by atoms with Crippen LogP contribution in [0.2, 0.25) is 0 Å². The van der Waals surface area contributed by atoms with Gasteiger partial charge in [-0.2, -0.15) is 0 Å². The molecule has 102 valence electrons. The van der Waals surface area contributed by atoms with Gasteiger partial charge < -0.3 is 0 Å². The van der Waals surface area contributed by atoms with Gasteiger partial charge >= 0.3 is 0 Å². The molecule has 0 aliphatic heterocycles. The van der Waals surface area contributed by atoms with Gasteiger partial charge in [-0.15, -0.1) is 10.2 Å². The number of fused-ring (bicyclic) bond motifs is 1. The first kappa shape index (κ1) is 12.3. The number of rotatable bonds is 2. The summed E-state index contributed by atoms with van der Waals surface area (Å²) in [6.07, 6.45) is 3.41. The fraction of sp³-hybridized carbons (Fsp3) is 0.158. The Morgan fingerprint density at radius 3 is 1.43 bits per heavy atom. The predicted molar refractivity (Wildman–Crippen MR) is 84.9 cm³/mol. The molecule has 0 amide bonds. The van der Waals surface area contributed by atoms with Crippen molar-refractivity contribution in [1.82, 2.24) is 10.2 Å². The van der Waals surface area contributed by atoms with Crippen LogP contribution in [0.15, 0.2) is 60.7 Å². The SMILES string of the molecule is c1ccc(-c2nnc(-c3ccccc3)c3c2CCC3)cc1. The summed E-state index contributed by atoms with van der Waals surface area (Å²) in [5, 5.41) is 9.09. The molecular weight excluding hydrogens is 256 g/mol. The molecule has 0 saturated carbocycles. The average Bonchev–Trinajstić information content (AvgIpc) is 3.05. The van der Waals surface area contributed by atoms with Crippen LogP contribution >= 0.6 is 0 Å². The molecule has 4 rings (SSSR count). The summed E-state index contributed by atoms with van der Waals surface area (Å²) >= 11 is 0. The van der Waals surface area contributed by atoms with Crippen molar-refractivity contribution < 1.29 is 0 Å². The van der Waals surface area contributed by atoms with E-state index in [-0.39, 0.29) is 0 Å². The maximum absolute atomic E-state index is 4.55. The van der Waals surface area contributed by atoms with Crippen LogP contribution < -0.4 is 0 Å². The lowest BCUT2D eigenvalue weighted by atomic mass is 9.99. The van der Waals surface area contributed by atoms with Gasteiger partial charge in [-0.3, -0.25) is 0 Å². The Morgan fingerprint density at radius 1 is 0.571 bits per heavy atom. The molecule has 2 heteroatoms. The molecule has 1 aliphatic carbocycles. The van der Waals surface area contributed by atoms with E-state index in [4.69, 9.17) is 0 Å². The van der Waals surface area contributed by atoms with Crippen LogP contribution in [0.5, 0.6) is 0 Å². The summed E-state index contributed by atoms with van der Waals surface area (Å²) in [5.41, 5.74) is 7.22. The molecule has 0 unspecified atom stereocenters. The van der Waals surface area contributed by atoms with Gasteiger partial charge in [0, 0.05) is 11.1 Å². The van der Waals surface area contributed by atoms with Crippen LogP contribution in [0.25, 0.3) is 22.5 Å². The third-order valence-electron chi connectivity index (χ3n) is 4.13. The van der Waals surface area contributed by atoms with E-state index >= 15 is 0 Å². The topological polar surface area (TPSA) is 25.8 Å². The van der Waals surface area contributed by atoms with Crippen molar-refractivity contribution in [1.29, 1.82) is 0 Å². The minimum Gasteiger partial charge on any atom is -0.150 e. The third kappa shape index (κ3) is 2.13. The third-order valence-corrected chi connectivity index (χ3v) is 4.13. The number of benzene rings is 2. The Kier molecular flexibility index (Phi) is 3.00. The minimum atomic E-state index is 1.06. The Hall–Kier alpha value is -2.48. The first-order chi connectivity index (χ1) is 10.4. The maximum atomic E-state index is 4.55. The van der Waals surface area contributed by atoms with Crippen LogP contribution in [-0.4, -0.2) is 10.2 Å². The summed E-state index contributed by atoms with van der Waals surface area (Å²) in [6.45, 7) is 0. The van der Waals surface area contributed by atoms with E-state index in [0.717, 1.165) is 24.2 Å². The van der Waals surface area contributed by atoms with Crippen molar-refractivity contribution in [3.8, 4) is 22.5 Å². The molecule has 2 aromatic carbocycles. The van der Waals surface area contributed by atoms with Crippen molar-refractivity contribution in [2.24, 2.45) is 0 Å². The zero-order valence-electron chi connectivity index (χ0n) is 11.8. The van der Waals surface area contributed by atoms with Crippen LogP contribution in [0.1, 0.15) is 17.5 Å². The number of aromatic nitrogens is 2. The molecule has 0 fully saturated rings. The summed E-state index contributed by atoms with van der Waals surface area (Å²) in [5.74, 6) is 0. The molecule has 3 aromatic rings. The van der Waals surface area contributed by atoms with Gasteiger partial charge in [0.1, 0.15) is 0 Å². The lowest BCUT2D eigenvalue weighted by molar-refractivity contribution is 0.912. The maximum Gasteiger partial charge on any atom is 0.0964 e. The highest BCUT2D eigenvalue weighted by Crippen LogP contribution is 2.35. The molecule has 0 N–H and O–H groups in total. The molecule has 0 bridgehead atoms. The molecule has 1 aliphatic rings. The quantitative estimate of drug-likeness (QED) is 0.695. The lowest BCUT2D eigenvalue weighted by Crippen LogP contribution is -2.00. The number of hydrogen-bond acceptors (Lipinski definition) is 2. The van der Waals surface area contributed by atoms with Gasteiger partial charge in [0.05, 0.1) is 11.4 Å². The zero-order valence-corrected chi connectivity index (χ0v) is 11.8. The molecule has 0 spiro atoms. The molecule has 1 heterocycles. The van der Waals surface area contributed by atoms with Gasteiger partial charge in [0.25, 0.3) is 0 Å². The Bertz CT molecular complexity index is 698. The summed E-state index contributed by atoms with van der Waals surface area (Å²) < 4.78 is 0. The van der Waals surface area contributed by atoms with E-state index < -0.39 is 0 Å². The molecule has 1 aromatic heterocycles. The van der Waals surface area contributed by atoms with Gasteiger partial charge in [0.2, 0.25) is 0 Å². The summed E-state index contributed by atoms with van der Waals surface area (Å²) in [7, 11) is 0. The molecule has 0 saturated heterocycles. The van der Waals surface area contributed by atoms with Gasteiger partial charge in [-0.1, -0.05) is 60.7 Å². The van der Waals surface area contributed by atoms with Crippen molar-refractivity contribution in [3.05, 3.63) is 71.8 Å². The smallest absolute Gasteiger partial charge is 0.0964 e. The van der Waals surface area contributed by atoms with E-state index in [0.29, 0.717) is 0 Å². The number of hydrogen-bond donors (Lipinski definition) is 0. The van der Waals surface area contributed by atoms with Crippen molar-refractivity contribution in [3.63, 3.8) is 0 Å². The highest BCUT2D eigenvalue weighted by atomic mass is 15.1. The normalized spacial score (nSPS) is 13.1. The average molecular weight is 272 g/mol. The van der Waals surface area contributed by atoms with Crippen LogP contribution in [0.4, 0.5) is 0 Å². The van der Waals surface area contributed by atoms with E-state index in [2.05, 4.69) is 58.7 Å².